The topological polar surface area (TPSA) is 60.5 Å². The van der Waals surface area contributed by atoms with Crippen molar-refractivity contribution in [2.45, 2.75) is 19.3 Å². The summed E-state index contributed by atoms with van der Waals surface area (Å²) in [5.41, 5.74) is 3.16. The Labute approximate surface area is 159 Å². The maximum atomic E-state index is 12.2. The third-order valence-corrected chi connectivity index (χ3v) is 4.48. The lowest BCUT2D eigenvalue weighted by molar-refractivity contribution is -0.121. The van der Waals surface area contributed by atoms with Gasteiger partial charge in [0.2, 0.25) is 5.91 Å². The van der Waals surface area contributed by atoms with Gasteiger partial charge in [0.1, 0.15) is 11.5 Å². The van der Waals surface area contributed by atoms with Gasteiger partial charge in [0, 0.05) is 30.6 Å². The van der Waals surface area contributed by atoms with Crippen molar-refractivity contribution in [2.75, 3.05) is 20.8 Å². The van der Waals surface area contributed by atoms with E-state index in [-0.39, 0.29) is 5.91 Å². The van der Waals surface area contributed by atoms with Crippen LogP contribution in [0.1, 0.15) is 17.5 Å². The normalized spacial score (nSPS) is 10.6. The Bertz CT molecular complexity index is 897. The Morgan fingerprint density at radius 2 is 1.74 bits per heavy atom. The van der Waals surface area contributed by atoms with Crippen molar-refractivity contribution in [1.29, 1.82) is 0 Å². The molecule has 0 saturated heterocycles. The monoisotopic (exact) mass is 364 g/mol. The number of aryl methyl sites for hydroxylation is 1. The lowest BCUT2D eigenvalue weighted by atomic mass is 10.1. The Morgan fingerprint density at radius 1 is 1.00 bits per heavy atom. The SMILES string of the molecule is COc1cc(CCC(=O)NCCc2cccc3cccnc23)cc(OC)c1. The highest BCUT2D eigenvalue weighted by Crippen LogP contribution is 2.23. The van der Waals surface area contributed by atoms with Crippen LogP contribution in [-0.2, 0) is 17.6 Å². The van der Waals surface area contributed by atoms with Gasteiger partial charge in [-0.15, -0.1) is 0 Å². The number of nitrogens with one attached hydrogen (secondary N) is 1. The second-order valence-corrected chi connectivity index (χ2v) is 6.31. The van der Waals surface area contributed by atoms with Crippen LogP contribution in [0.2, 0.25) is 0 Å². The van der Waals surface area contributed by atoms with Crippen LogP contribution in [0.3, 0.4) is 0 Å². The van der Waals surface area contributed by atoms with Gasteiger partial charge in [-0.05, 0) is 42.2 Å². The predicted molar refractivity (Wildman–Crippen MR) is 106 cm³/mol. The molecule has 0 fully saturated rings. The lowest BCUT2D eigenvalue weighted by Gasteiger charge is -2.09. The number of nitrogens with zero attached hydrogens (tertiary/aromatic N) is 1. The molecule has 1 aromatic heterocycles. The lowest BCUT2D eigenvalue weighted by Crippen LogP contribution is -2.26. The summed E-state index contributed by atoms with van der Waals surface area (Å²) < 4.78 is 10.5. The van der Waals surface area contributed by atoms with Crippen LogP contribution in [0.5, 0.6) is 11.5 Å². The fraction of sp³-hybridized carbons (Fsp3) is 0.273. The van der Waals surface area contributed by atoms with Gasteiger partial charge in [0.05, 0.1) is 19.7 Å². The van der Waals surface area contributed by atoms with Crippen molar-refractivity contribution in [1.82, 2.24) is 10.3 Å². The van der Waals surface area contributed by atoms with Crippen molar-refractivity contribution >= 4 is 16.8 Å². The minimum Gasteiger partial charge on any atom is -0.497 e. The Hall–Kier alpha value is -3.08. The molecule has 0 spiro atoms. The van der Waals surface area contributed by atoms with Crippen LogP contribution >= 0.6 is 0 Å². The van der Waals surface area contributed by atoms with E-state index in [9.17, 15) is 4.79 Å². The molecule has 5 nitrogen and oxygen atoms in total. The van der Waals surface area contributed by atoms with Gasteiger partial charge in [-0.2, -0.15) is 0 Å². The summed E-state index contributed by atoms with van der Waals surface area (Å²) in [6.45, 7) is 0.593. The molecule has 0 bridgehead atoms. The summed E-state index contributed by atoms with van der Waals surface area (Å²) in [5, 5.41) is 4.11. The molecule has 1 amide bonds. The van der Waals surface area contributed by atoms with Gasteiger partial charge >= 0.3 is 0 Å². The Balaban J connectivity index is 1.51. The number of para-hydroxylation sites is 1. The third kappa shape index (κ3) is 4.97. The van der Waals surface area contributed by atoms with E-state index >= 15 is 0 Å². The average Bonchev–Trinajstić information content (AvgIpc) is 2.72. The molecule has 0 saturated carbocycles. The number of rotatable bonds is 8. The van der Waals surface area contributed by atoms with E-state index in [4.69, 9.17) is 9.47 Å². The van der Waals surface area contributed by atoms with Crippen molar-refractivity contribution < 1.29 is 14.3 Å². The zero-order chi connectivity index (χ0) is 19.1. The van der Waals surface area contributed by atoms with Crippen molar-refractivity contribution in [3.05, 3.63) is 65.9 Å². The molecular formula is C22H24N2O3. The molecule has 0 unspecified atom stereocenters. The number of benzene rings is 2. The van der Waals surface area contributed by atoms with E-state index in [1.807, 2.05) is 42.5 Å². The second-order valence-electron chi connectivity index (χ2n) is 6.31. The quantitative estimate of drug-likeness (QED) is 0.664. The van der Waals surface area contributed by atoms with Crippen LogP contribution < -0.4 is 14.8 Å². The van der Waals surface area contributed by atoms with Crippen molar-refractivity contribution in [3.63, 3.8) is 0 Å². The molecule has 140 valence electrons. The Morgan fingerprint density at radius 3 is 2.48 bits per heavy atom. The number of pyridine rings is 1. The smallest absolute Gasteiger partial charge is 0.220 e. The third-order valence-electron chi connectivity index (χ3n) is 4.48. The summed E-state index contributed by atoms with van der Waals surface area (Å²) in [6, 6.07) is 15.8. The zero-order valence-corrected chi connectivity index (χ0v) is 15.7. The van der Waals surface area contributed by atoms with Gasteiger partial charge in [0.15, 0.2) is 0 Å². The first kappa shape index (κ1) is 18.7. The van der Waals surface area contributed by atoms with Crippen molar-refractivity contribution in [2.24, 2.45) is 0 Å². The molecule has 5 heteroatoms. The van der Waals surface area contributed by atoms with E-state index in [0.717, 1.165) is 39.9 Å². The number of aromatic nitrogens is 1. The molecular weight excluding hydrogens is 340 g/mol. The highest BCUT2D eigenvalue weighted by Gasteiger charge is 2.07. The van der Waals surface area contributed by atoms with E-state index in [1.54, 1.807) is 20.4 Å². The van der Waals surface area contributed by atoms with E-state index in [0.29, 0.717) is 19.4 Å². The van der Waals surface area contributed by atoms with E-state index in [1.165, 1.54) is 0 Å². The zero-order valence-electron chi connectivity index (χ0n) is 15.7. The molecule has 2 aromatic carbocycles. The largest absolute Gasteiger partial charge is 0.497 e. The van der Waals surface area contributed by atoms with Crippen LogP contribution in [-0.4, -0.2) is 31.7 Å². The summed E-state index contributed by atoms with van der Waals surface area (Å²) in [5.74, 6) is 1.49. The van der Waals surface area contributed by atoms with Crippen LogP contribution in [0.15, 0.2) is 54.7 Å². The molecule has 1 heterocycles. The van der Waals surface area contributed by atoms with Gasteiger partial charge in [0.25, 0.3) is 0 Å². The molecule has 27 heavy (non-hydrogen) atoms. The second kappa shape index (κ2) is 9.03. The summed E-state index contributed by atoms with van der Waals surface area (Å²) in [6.07, 6.45) is 3.61. The number of hydrogen-bond acceptors (Lipinski definition) is 4. The fourth-order valence-electron chi connectivity index (χ4n) is 3.06. The predicted octanol–water partition coefficient (Wildman–Crippen LogP) is 3.54. The number of methoxy groups -OCH3 is 2. The van der Waals surface area contributed by atoms with Gasteiger partial charge < -0.3 is 14.8 Å². The van der Waals surface area contributed by atoms with Gasteiger partial charge in [-0.25, -0.2) is 0 Å². The van der Waals surface area contributed by atoms with Crippen LogP contribution in [0, 0.1) is 0 Å². The minimum atomic E-state index is 0.0324. The van der Waals surface area contributed by atoms with E-state index < -0.39 is 0 Å². The van der Waals surface area contributed by atoms with Crippen LogP contribution in [0.25, 0.3) is 10.9 Å². The van der Waals surface area contributed by atoms with E-state index in [2.05, 4.69) is 16.4 Å². The van der Waals surface area contributed by atoms with Gasteiger partial charge in [-0.3, -0.25) is 9.78 Å². The molecule has 1 N–H and O–H groups in total. The highest BCUT2D eigenvalue weighted by molar-refractivity contribution is 5.81. The summed E-state index contributed by atoms with van der Waals surface area (Å²) in [7, 11) is 3.24. The molecule has 0 radical (unpaired) electrons. The number of hydrogen-bond donors (Lipinski definition) is 1. The maximum Gasteiger partial charge on any atom is 0.220 e. The first-order valence-corrected chi connectivity index (χ1v) is 9.01. The first-order chi connectivity index (χ1) is 13.2. The molecule has 0 aliphatic rings. The number of carbonyl (C=O) groups excluding carboxylic acids is 1. The highest BCUT2D eigenvalue weighted by atomic mass is 16.5. The van der Waals surface area contributed by atoms with Crippen molar-refractivity contribution in [3.8, 4) is 11.5 Å². The number of fused-ring (bicyclic) bond motifs is 1. The number of carbonyl (C=O) groups is 1. The molecule has 0 aliphatic heterocycles. The number of ether oxygens (including phenoxy) is 2. The minimum absolute atomic E-state index is 0.0324. The summed E-state index contributed by atoms with van der Waals surface area (Å²) >= 11 is 0. The maximum absolute atomic E-state index is 12.2. The van der Waals surface area contributed by atoms with Gasteiger partial charge in [-0.1, -0.05) is 24.3 Å². The number of amides is 1. The average molecular weight is 364 g/mol. The molecule has 3 aromatic rings. The Kier molecular flexibility index (Phi) is 6.26. The molecule has 0 aliphatic carbocycles. The summed E-state index contributed by atoms with van der Waals surface area (Å²) in [4.78, 5) is 16.6. The van der Waals surface area contributed by atoms with Crippen LogP contribution in [0.4, 0.5) is 0 Å². The first-order valence-electron chi connectivity index (χ1n) is 9.01. The molecule has 3 rings (SSSR count). The molecule has 0 atom stereocenters. The standard InChI is InChI=1S/C22H24N2O3/c1-26-19-13-16(14-20(15-19)27-2)8-9-21(25)23-12-10-18-6-3-5-17-7-4-11-24-22(17)18/h3-7,11,13-15H,8-10,12H2,1-2H3,(H,23,25). The fourth-order valence-corrected chi connectivity index (χ4v) is 3.06.